The number of nitro groups is 1. The van der Waals surface area contributed by atoms with Crippen molar-refractivity contribution < 1.29 is 4.92 Å². The van der Waals surface area contributed by atoms with Crippen LogP contribution in [0.5, 0.6) is 0 Å². The molecule has 0 aliphatic carbocycles. The fourth-order valence-electron chi connectivity index (χ4n) is 2.53. The molecule has 0 spiro atoms. The van der Waals surface area contributed by atoms with Gasteiger partial charge in [0.25, 0.3) is 5.69 Å². The Hall–Kier alpha value is -2.01. The van der Waals surface area contributed by atoms with E-state index in [2.05, 4.69) is 36.7 Å². The van der Waals surface area contributed by atoms with Gasteiger partial charge in [0.1, 0.15) is 5.69 Å². The number of hydrogen-bond donors (Lipinski definition) is 1. The van der Waals surface area contributed by atoms with Crippen molar-refractivity contribution in [1.29, 1.82) is 0 Å². The summed E-state index contributed by atoms with van der Waals surface area (Å²) in [7, 11) is 0. The molecule has 21 heavy (non-hydrogen) atoms. The van der Waals surface area contributed by atoms with Crippen LogP contribution in [0.4, 0.5) is 11.4 Å². The van der Waals surface area contributed by atoms with Gasteiger partial charge in [-0.25, -0.2) is 0 Å². The van der Waals surface area contributed by atoms with Crippen LogP contribution in [0.15, 0.2) is 24.3 Å². The largest absolute Gasteiger partial charge is 0.375 e. The number of anilines is 1. The van der Waals surface area contributed by atoms with Gasteiger partial charge in [-0.15, -0.1) is 0 Å². The Labute approximate surface area is 128 Å². The standard InChI is InChI=1S/C15H18ClN3O2/c1-4-18-10(2)7-12(11(18)3)9-17-14-6-5-13(16)8-15(14)19(20)21/h5-8,17H,4,9H2,1-3H3. The number of nitrogens with zero attached hydrogens (tertiary/aromatic N) is 2. The summed E-state index contributed by atoms with van der Waals surface area (Å²) in [4.78, 5) is 10.6. The van der Waals surface area contributed by atoms with Crippen molar-refractivity contribution in [1.82, 2.24) is 4.57 Å². The molecule has 0 fully saturated rings. The average Bonchev–Trinajstić information content (AvgIpc) is 2.71. The van der Waals surface area contributed by atoms with Crippen LogP contribution in [0, 0.1) is 24.0 Å². The van der Waals surface area contributed by atoms with Crippen LogP contribution >= 0.6 is 11.6 Å². The summed E-state index contributed by atoms with van der Waals surface area (Å²) in [5.41, 5.74) is 3.98. The highest BCUT2D eigenvalue weighted by Crippen LogP contribution is 2.28. The summed E-state index contributed by atoms with van der Waals surface area (Å²) < 4.78 is 2.22. The lowest BCUT2D eigenvalue weighted by molar-refractivity contribution is -0.383. The molecule has 1 heterocycles. The van der Waals surface area contributed by atoms with Gasteiger partial charge in [-0.1, -0.05) is 11.6 Å². The Balaban J connectivity index is 2.23. The van der Waals surface area contributed by atoms with Crippen LogP contribution in [0.1, 0.15) is 23.9 Å². The third-order valence-electron chi connectivity index (χ3n) is 3.62. The van der Waals surface area contributed by atoms with Gasteiger partial charge in [0.05, 0.1) is 4.92 Å². The summed E-state index contributed by atoms with van der Waals surface area (Å²) in [6.07, 6.45) is 0. The minimum atomic E-state index is -0.427. The molecule has 1 aromatic carbocycles. The Kier molecular flexibility index (Phi) is 4.53. The van der Waals surface area contributed by atoms with E-state index in [1.54, 1.807) is 12.1 Å². The zero-order valence-corrected chi connectivity index (χ0v) is 13.1. The summed E-state index contributed by atoms with van der Waals surface area (Å²) in [6.45, 7) is 7.68. The van der Waals surface area contributed by atoms with Crippen molar-refractivity contribution in [3.05, 3.63) is 56.4 Å². The number of benzene rings is 1. The maximum absolute atomic E-state index is 11.1. The Morgan fingerprint density at radius 3 is 2.62 bits per heavy atom. The predicted octanol–water partition coefficient (Wildman–Crippen LogP) is 4.30. The molecular weight excluding hydrogens is 290 g/mol. The van der Waals surface area contributed by atoms with Crippen LogP contribution in [0.2, 0.25) is 5.02 Å². The quantitative estimate of drug-likeness (QED) is 0.662. The highest BCUT2D eigenvalue weighted by molar-refractivity contribution is 6.30. The lowest BCUT2D eigenvalue weighted by Crippen LogP contribution is -2.04. The molecule has 2 rings (SSSR count). The lowest BCUT2D eigenvalue weighted by atomic mass is 10.2. The van der Waals surface area contributed by atoms with Crippen molar-refractivity contribution in [2.75, 3.05) is 5.32 Å². The number of hydrogen-bond acceptors (Lipinski definition) is 3. The highest BCUT2D eigenvalue weighted by atomic mass is 35.5. The van der Waals surface area contributed by atoms with Gasteiger partial charge in [0, 0.05) is 35.6 Å². The second-order valence-electron chi connectivity index (χ2n) is 4.91. The van der Waals surface area contributed by atoms with E-state index in [1.807, 2.05) is 0 Å². The zero-order valence-electron chi connectivity index (χ0n) is 12.3. The molecule has 0 saturated carbocycles. The molecule has 0 unspecified atom stereocenters. The van der Waals surface area contributed by atoms with Crippen molar-refractivity contribution in [3.8, 4) is 0 Å². The van der Waals surface area contributed by atoms with Gasteiger partial charge in [0.15, 0.2) is 0 Å². The summed E-state index contributed by atoms with van der Waals surface area (Å²) in [5.74, 6) is 0. The second kappa shape index (κ2) is 6.18. The molecule has 112 valence electrons. The number of nitrogens with one attached hydrogen (secondary N) is 1. The minimum Gasteiger partial charge on any atom is -0.375 e. The molecule has 6 heteroatoms. The first kappa shape index (κ1) is 15.4. The van der Waals surface area contributed by atoms with Gasteiger partial charge >= 0.3 is 0 Å². The third-order valence-corrected chi connectivity index (χ3v) is 3.86. The van der Waals surface area contributed by atoms with Crippen LogP contribution in [0.3, 0.4) is 0 Å². The molecule has 0 bridgehead atoms. The third kappa shape index (κ3) is 3.19. The second-order valence-corrected chi connectivity index (χ2v) is 5.35. The van der Waals surface area contributed by atoms with E-state index >= 15 is 0 Å². The maximum Gasteiger partial charge on any atom is 0.293 e. The van der Waals surface area contributed by atoms with Crippen LogP contribution in [-0.4, -0.2) is 9.49 Å². The van der Waals surface area contributed by atoms with Crippen LogP contribution < -0.4 is 5.32 Å². The number of rotatable bonds is 5. The molecule has 0 aliphatic heterocycles. The maximum atomic E-state index is 11.1. The number of halogens is 1. The van der Waals surface area contributed by atoms with Crippen molar-refractivity contribution >= 4 is 23.0 Å². The number of aryl methyl sites for hydroxylation is 1. The summed E-state index contributed by atoms with van der Waals surface area (Å²) in [6, 6.07) is 6.75. The van der Waals surface area contributed by atoms with Crippen molar-refractivity contribution in [2.45, 2.75) is 33.9 Å². The first-order chi connectivity index (χ1) is 9.93. The molecule has 0 aliphatic rings. The van der Waals surface area contributed by atoms with Crippen molar-refractivity contribution in [3.63, 3.8) is 0 Å². The number of aromatic nitrogens is 1. The predicted molar refractivity (Wildman–Crippen MR) is 85.0 cm³/mol. The molecule has 1 aromatic heterocycles. The molecule has 0 amide bonds. The number of nitro benzene ring substituents is 1. The van der Waals surface area contributed by atoms with E-state index in [0.717, 1.165) is 12.1 Å². The van der Waals surface area contributed by atoms with E-state index in [4.69, 9.17) is 11.6 Å². The highest BCUT2D eigenvalue weighted by Gasteiger charge is 2.15. The Morgan fingerprint density at radius 1 is 1.33 bits per heavy atom. The molecule has 0 saturated heterocycles. The molecule has 0 radical (unpaired) electrons. The van der Waals surface area contributed by atoms with E-state index in [0.29, 0.717) is 17.3 Å². The zero-order chi connectivity index (χ0) is 15.6. The summed E-state index contributed by atoms with van der Waals surface area (Å²) >= 11 is 5.81. The minimum absolute atomic E-state index is 0.00759. The van der Waals surface area contributed by atoms with Gasteiger partial charge < -0.3 is 9.88 Å². The van der Waals surface area contributed by atoms with E-state index < -0.39 is 4.92 Å². The fourth-order valence-corrected chi connectivity index (χ4v) is 2.70. The first-order valence-electron chi connectivity index (χ1n) is 6.77. The first-order valence-corrected chi connectivity index (χ1v) is 7.15. The van der Waals surface area contributed by atoms with Gasteiger partial charge in [-0.05, 0) is 44.5 Å². The average molecular weight is 308 g/mol. The Bertz CT molecular complexity index is 680. The molecule has 5 nitrogen and oxygen atoms in total. The molecule has 1 N–H and O–H groups in total. The van der Waals surface area contributed by atoms with Crippen LogP contribution in [0.25, 0.3) is 0 Å². The van der Waals surface area contributed by atoms with Gasteiger partial charge in [-0.3, -0.25) is 10.1 Å². The topological polar surface area (TPSA) is 60.1 Å². The fraction of sp³-hybridized carbons (Fsp3) is 0.333. The molecule has 2 aromatic rings. The van der Waals surface area contributed by atoms with E-state index in [-0.39, 0.29) is 5.69 Å². The normalized spacial score (nSPS) is 10.7. The van der Waals surface area contributed by atoms with Gasteiger partial charge in [0.2, 0.25) is 0 Å². The smallest absolute Gasteiger partial charge is 0.293 e. The lowest BCUT2D eigenvalue weighted by Gasteiger charge is -2.09. The Morgan fingerprint density at radius 2 is 2.05 bits per heavy atom. The van der Waals surface area contributed by atoms with E-state index in [9.17, 15) is 10.1 Å². The monoisotopic (exact) mass is 307 g/mol. The van der Waals surface area contributed by atoms with E-state index in [1.165, 1.54) is 17.5 Å². The molecular formula is C15H18ClN3O2. The van der Waals surface area contributed by atoms with Gasteiger partial charge in [-0.2, -0.15) is 0 Å². The SMILES string of the molecule is CCn1c(C)cc(CNc2ccc(Cl)cc2[N+](=O)[O-])c1C. The van der Waals surface area contributed by atoms with Crippen molar-refractivity contribution in [2.24, 2.45) is 0 Å². The molecule has 0 atom stereocenters. The summed E-state index contributed by atoms with van der Waals surface area (Å²) in [5, 5.41) is 14.5. The van der Waals surface area contributed by atoms with Crippen LogP contribution in [-0.2, 0) is 13.1 Å².